The molecule has 0 radical (unpaired) electrons. The summed E-state index contributed by atoms with van der Waals surface area (Å²) in [6.07, 6.45) is 6.42. The predicted molar refractivity (Wildman–Crippen MR) is 79.9 cm³/mol. The van der Waals surface area contributed by atoms with E-state index in [9.17, 15) is 4.79 Å². The maximum atomic E-state index is 11.0. The highest BCUT2D eigenvalue weighted by molar-refractivity contribution is 5.66. The molecule has 0 aromatic heterocycles. The molecule has 1 fully saturated rings. The van der Waals surface area contributed by atoms with Crippen molar-refractivity contribution in [3.05, 3.63) is 0 Å². The zero-order valence-electron chi connectivity index (χ0n) is 13.7. The minimum Gasteiger partial charge on any atom is -0.463 e. The second kappa shape index (κ2) is 6.76. The molecule has 0 aromatic rings. The lowest BCUT2D eigenvalue weighted by Gasteiger charge is -2.41. The molecule has 0 aromatic carbocycles. The number of carbonyl (C=O) groups excluding carboxylic acids is 1. The zero-order chi connectivity index (χ0) is 14.6. The highest BCUT2D eigenvalue weighted by Crippen LogP contribution is 2.44. The molecule has 19 heavy (non-hydrogen) atoms. The van der Waals surface area contributed by atoms with Crippen molar-refractivity contribution in [3.63, 3.8) is 0 Å². The van der Waals surface area contributed by atoms with Gasteiger partial charge in [-0.2, -0.15) is 0 Å². The Hall–Kier alpha value is -0.530. The molecule has 112 valence electrons. The number of esters is 1. The van der Waals surface area contributed by atoms with Crippen molar-refractivity contribution in [3.8, 4) is 0 Å². The number of hydrogen-bond donors (Lipinski definition) is 0. The van der Waals surface area contributed by atoms with Crippen LogP contribution in [0.1, 0.15) is 73.6 Å². The summed E-state index contributed by atoms with van der Waals surface area (Å²) in [5, 5.41) is 0. The first-order valence-electron chi connectivity index (χ1n) is 7.89. The first-order valence-corrected chi connectivity index (χ1v) is 7.89. The van der Waals surface area contributed by atoms with Gasteiger partial charge in [0.1, 0.15) is 0 Å². The van der Waals surface area contributed by atoms with E-state index in [1.165, 1.54) is 32.6 Å². The van der Waals surface area contributed by atoms with Gasteiger partial charge in [0.25, 0.3) is 0 Å². The van der Waals surface area contributed by atoms with Crippen LogP contribution < -0.4 is 0 Å². The van der Waals surface area contributed by atoms with E-state index in [0.29, 0.717) is 0 Å². The summed E-state index contributed by atoms with van der Waals surface area (Å²) in [6.45, 7) is 12.9. The lowest BCUT2D eigenvalue weighted by molar-refractivity contribution is -0.147. The van der Waals surface area contributed by atoms with Crippen molar-refractivity contribution >= 4 is 5.97 Å². The Morgan fingerprint density at radius 2 is 1.68 bits per heavy atom. The molecule has 0 heterocycles. The van der Waals surface area contributed by atoms with E-state index in [0.717, 1.165) is 24.2 Å². The summed E-state index contributed by atoms with van der Waals surface area (Å²) in [5.74, 6) is 2.36. The van der Waals surface area contributed by atoms with Crippen molar-refractivity contribution in [1.29, 1.82) is 0 Å². The quantitative estimate of drug-likeness (QED) is 0.668. The highest BCUT2D eigenvalue weighted by Gasteiger charge is 2.35. The van der Waals surface area contributed by atoms with Gasteiger partial charge in [0.05, 0.1) is 6.10 Å². The Balaban J connectivity index is 2.47. The molecule has 0 saturated heterocycles. The van der Waals surface area contributed by atoms with Crippen molar-refractivity contribution < 1.29 is 9.53 Å². The number of carbonyl (C=O) groups is 1. The molecule has 0 amide bonds. The maximum Gasteiger partial charge on any atom is 0.302 e. The standard InChI is InChI=1S/C17H32O2/c1-12(2)15-7-9-16(10-8-15)17(5,6)11-13(3)19-14(4)18/h12-13,15-16H,7-11H2,1-6H3/t13-,15?,16?/m0/s1. The third kappa shape index (κ3) is 5.16. The fourth-order valence-corrected chi connectivity index (χ4v) is 3.80. The molecule has 0 unspecified atom stereocenters. The first-order chi connectivity index (χ1) is 8.72. The van der Waals surface area contributed by atoms with Gasteiger partial charge in [-0.3, -0.25) is 4.79 Å². The molecule has 0 aliphatic heterocycles. The van der Waals surface area contributed by atoms with Crippen LogP contribution >= 0.6 is 0 Å². The van der Waals surface area contributed by atoms with Crippen LogP contribution in [0.2, 0.25) is 0 Å². The molecule has 1 saturated carbocycles. The summed E-state index contributed by atoms with van der Waals surface area (Å²) in [4.78, 5) is 11.0. The second-order valence-corrected chi connectivity index (χ2v) is 7.47. The van der Waals surface area contributed by atoms with Crippen LogP contribution in [0.5, 0.6) is 0 Å². The zero-order valence-corrected chi connectivity index (χ0v) is 13.7. The average Bonchev–Trinajstić information content (AvgIpc) is 2.27. The molecule has 1 aliphatic rings. The van der Waals surface area contributed by atoms with Gasteiger partial charge in [0.15, 0.2) is 0 Å². The van der Waals surface area contributed by atoms with Crippen LogP contribution in [0.25, 0.3) is 0 Å². The molecular formula is C17H32O2. The minimum atomic E-state index is -0.160. The van der Waals surface area contributed by atoms with Crippen molar-refractivity contribution in [2.75, 3.05) is 0 Å². The maximum absolute atomic E-state index is 11.0. The molecule has 1 rings (SSSR count). The lowest BCUT2D eigenvalue weighted by Crippen LogP contribution is -2.33. The van der Waals surface area contributed by atoms with Crippen LogP contribution in [-0.2, 0) is 9.53 Å². The molecule has 0 spiro atoms. The van der Waals surface area contributed by atoms with Gasteiger partial charge in [-0.05, 0) is 62.2 Å². The largest absolute Gasteiger partial charge is 0.463 e. The lowest BCUT2D eigenvalue weighted by atomic mass is 9.65. The highest BCUT2D eigenvalue weighted by atomic mass is 16.5. The van der Waals surface area contributed by atoms with Crippen LogP contribution in [0.15, 0.2) is 0 Å². The first kappa shape index (κ1) is 16.5. The van der Waals surface area contributed by atoms with E-state index in [-0.39, 0.29) is 17.5 Å². The fourth-order valence-electron chi connectivity index (χ4n) is 3.80. The Kier molecular flexibility index (Phi) is 5.88. The number of rotatable bonds is 5. The van der Waals surface area contributed by atoms with Gasteiger partial charge in [0.2, 0.25) is 0 Å². The van der Waals surface area contributed by atoms with Gasteiger partial charge in [-0.15, -0.1) is 0 Å². The van der Waals surface area contributed by atoms with Gasteiger partial charge in [-0.25, -0.2) is 0 Å². The summed E-state index contributed by atoms with van der Waals surface area (Å²) in [5.41, 5.74) is 0.275. The summed E-state index contributed by atoms with van der Waals surface area (Å²) >= 11 is 0. The molecular weight excluding hydrogens is 236 g/mol. The minimum absolute atomic E-state index is 0.0373. The molecule has 2 heteroatoms. The molecule has 2 nitrogen and oxygen atoms in total. The van der Waals surface area contributed by atoms with E-state index in [1.807, 2.05) is 6.92 Å². The van der Waals surface area contributed by atoms with Crippen molar-refractivity contribution in [1.82, 2.24) is 0 Å². The molecule has 1 aliphatic carbocycles. The monoisotopic (exact) mass is 268 g/mol. The predicted octanol–water partition coefficient (Wildman–Crippen LogP) is 4.82. The summed E-state index contributed by atoms with van der Waals surface area (Å²) < 4.78 is 5.30. The van der Waals surface area contributed by atoms with Gasteiger partial charge in [0, 0.05) is 6.92 Å². The molecule has 0 bridgehead atoms. The van der Waals surface area contributed by atoms with Crippen molar-refractivity contribution in [2.24, 2.45) is 23.2 Å². The Morgan fingerprint density at radius 1 is 1.16 bits per heavy atom. The van der Waals surface area contributed by atoms with Gasteiger partial charge >= 0.3 is 5.97 Å². The van der Waals surface area contributed by atoms with Gasteiger partial charge in [-0.1, -0.05) is 27.7 Å². The number of ether oxygens (including phenoxy) is 1. The Bertz CT molecular complexity index is 286. The third-order valence-corrected chi connectivity index (χ3v) is 5.00. The summed E-state index contributed by atoms with van der Waals surface area (Å²) in [6, 6.07) is 0. The topological polar surface area (TPSA) is 26.3 Å². The molecule has 0 N–H and O–H groups in total. The normalized spacial score (nSPS) is 26.3. The second-order valence-electron chi connectivity index (χ2n) is 7.47. The van der Waals surface area contributed by atoms with E-state index >= 15 is 0 Å². The van der Waals surface area contributed by atoms with Crippen LogP contribution in [0.4, 0.5) is 0 Å². The van der Waals surface area contributed by atoms with E-state index < -0.39 is 0 Å². The van der Waals surface area contributed by atoms with Crippen LogP contribution in [0.3, 0.4) is 0 Å². The van der Waals surface area contributed by atoms with E-state index in [4.69, 9.17) is 4.74 Å². The molecule has 1 atom stereocenters. The number of hydrogen-bond acceptors (Lipinski definition) is 2. The summed E-state index contributed by atoms with van der Waals surface area (Å²) in [7, 11) is 0. The van der Waals surface area contributed by atoms with Crippen LogP contribution in [0, 0.1) is 23.2 Å². The van der Waals surface area contributed by atoms with Gasteiger partial charge < -0.3 is 4.74 Å². The Morgan fingerprint density at radius 3 is 2.11 bits per heavy atom. The smallest absolute Gasteiger partial charge is 0.302 e. The van der Waals surface area contributed by atoms with Crippen molar-refractivity contribution in [2.45, 2.75) is 79.8 Å². The fraction of sp³-hybridized carbons (Fsp3) is 0.941. The Labute approximate surface area is 119 Å². The SMILES string of the molecule is CC(=O)O[C@@H](C)CC(C)(C)C1CCC(C(C)C)CC1. The average molecular weight is 268 g/mol. The van der Waals surface area contributed by atoms with E-state index in [2.05, 4.69) is 27.7 Å². The van der Waals surface area contributed by atoms with Crippen LogP contribution in [-0.4, -0.2) is 12.1 Å². The third-order valence-electron chi connectivity index (χ3n) is 5.00. The van der Waals surface area contributed by atoms with E-state index in [1.54, 1.807) is 0 Å².